The lowest BCUT2D eigenvalue weighted by molar-refractivity contribution is -0.158. The molecule has 1 aliphatic carbocycles. The van der Waals surface area contributed by atoms with Gasteiger partial charge in [0.15, 0.2) is 11.5 Å². The normalized spacial score (nSPS) is 24.9. The fourth-order valence-electron chi connectivity index (χ4n) is 5.36. The van der Waals surface area contributed by atoms with Crippen molar-refractivity contribution in [3.63, 3.8) is 0 Å². The summed E-state index contributed by atoms with van der Waals surface area (Å²) in [6, 6.07) is 7.56. The van der Waals surface area contributed by atoms with Gasteiger partial charge in [0.25, 0.3) is 0 Å². The smallest absolute Gasteiger partial charge is 0.234 e. The average molecular weight is 529 g/mol. The van der Waals surface area contributed by atoms with Crippen LogP contribution in [-0.2, 0) is 14.4 Å². The van der Waals surface area contributed by atoms with Gasteiger partial charge in [-0.3, -0.25) is 19.8 Å². The van der Waals surface area contributed by atoms with Crippen LogP contribution in [0.5, 0.6) is 0 Å². The number of hydrogen-bond donors (Lipinski definition) is 3. The first-order chi connectivity index (χ1) is 17.7. The Kier molecular flexibility index (Phi) is 8.67. The number of fused-ring (bicyclic) bond motifs is 3. The molecule has 9 nitrogen and oxygen atoms in total. The lowest BCUT2D eigenvalue weighted by Crippen LogP contribution is -2.68. The molecule has 1 saturated carbocycles. The minimum atomic E-state index is -0.393. The van der Waals surface area contributed by atoms with Crippen LogP contribution < -0.4 is 16.1 Å². The van der Waals surface area contributed by atoms with Crippen molar-refractivity contribution in [2.45, 2.75) is 66.2 Å². The van der Waals surface area contributed by atoms with Gasteiger partial charge in [-0.05, 0) is 49.7 Å². The number of carbonyl (C=O) groups excluding carboxylic acids is 3. The van der Waals surface area contributed by atoms with Crippen LogP contribution in [0, 0.1) is 30.6 Å². The Morgan fingerprint density at radius 2 is 1.92 bits per heavy atom. The molecule has 1 saturated heterocycles. The van der Waals surface area contributed by atoms with Crippen molar-refractivity contribution in [3.05, 3.63) is 29.8 Å². The quantitative estimate of drug-likeness (QED) is 0.479. The third kappa shape index (κ3) is 6.22. The van der Waals surface area contributed by atoms with Gasteiger partial charge in [-0.15, -0.1) is 0 Å². The SMILES string of the molecule is Cc1ccccc1NC(=O)CSC1=NNC2N(CC(C)C)C(=O)C3CCC(C(=O)NCC(C)C)CC3N12. The van der Waals surface area contributed by atoms with Gasteiger partial charge in [-0.25, -0.2) is 0 Å². The molecule has 4 unspecified atom stereocenters. The van der Waals surface area contributed by atoms with Gasteiger partial charge in [0, 0.05) is 30.7 Å². The average Bonchev–Trinajstić information content (AvgIpc) is 3.28. The molecule has 0 bridgehead atoms. The van der Waals surface area contributed by atoms with Crippen LogP contribution >= 0.6 is 11.8 Å². The maximum atomic E-state index is 13.6. The highest BCUT2D eigenvalue weighted by atomic mass is 32.2. The number of rotatable bonds is 8. The van der Waals surface area contributed by atoms with Crippen molar-refractivity contribution in [1.82, 2.24) is 20.5 Å². The van der Waals surface area contributed by atoms with E-state index >= 15 is 0 Å². The van der Waals surface area contributed by atoms with Crippen LogP contribution in [0.25, 0.3) is 0 Å². The van der Waals surface area contributed by atoms with Crippen LogP contribution in [0.4, 0.5) is 5.69 Å². The third-order valence-corrected chi connectivity index (χ3v) is 8.16. The van der Waals surface area contributed by atoms with Crippen molar-refractivity contribution in [2.24, 2.45) is 28.8 Å². The Bertz CT molecular complexity index is 1040. The Morgan fingerprint density at radius 1 is 1.16 bits per heavy atom. The first kappa shape index (κ1) is 27.3. The Morgan fingerprint density at radius 3 is 2.62 bits per heavy atom. The van der Waals surface area contributed by atoms with Crippen LogP contribution in [0.15, 0.2) is 29.4 Å². The van der Waals surface area contributed by atoms with E-state index in [0.29, 0.717) is 49.4 Å². The zero-order valence-corrected chi connectivity index (χ0v) is 23.3. The van der Waals surface area contributed by atoms with Gasteiger partial charge >= 0.3 is 0 Å². The molecular formula is C27H40N6O3S. The summed E-state index contributed by atoms with van der Waals surface area (Å²) in [5, 5.41) is 11.3. The minimum Gasteiger partial charge on any atom is -0.356 e. The number of para-hydroxylation sites is 1. The lowest BCUT2D eigenvalue weighted by Gasteiger charge is -2.51. The van der Waals surface area contributed by atoms with E-state index in [1.54, 1.807) is 0 Å². The monoisotopic (exact) mass is 528 g/mol. The van der Waals surface area contributed by atoms with E-state index in [0.717, 1.165) is 11.3 Å². The number of thioether (sulfide) groups is 1. The van der Waals surface area contributed by atoms with Gasteiger partial charge in [-0.2, -0.15) is 5.10 Å². The van der Waals surface area contributed by atoms with Crippen LogP contribution in [0.1, 0.15) is 52.5 Å². The molecule has 2 heterocycles. The standard InChI is InChI=1S/C27H40N6O3S/c1-16(2)13-28-24(35)19-10-11-20-22(12-19)33-26(32(25(20)36)14-17(3)4)30-31-27(33)37-15-23(34)29-21-9-7-6-8-18(21)5/h6-9,16-17,19-20,22,26,30H,10-15H2,1-5H3,(H,28,35)(H,29,34). The number of carbonyl (C=O) groups is 3. The molecule has 0 radical (unpaired) electrons. The second-order valence-electron chi connectivity index (χ2n) is 11.2. The molecule has 1 aromatic carbocycles. The van der Waals surface area contributed by atoms with E-state index in [2.05, 4.69) is 53.8 Å². The molecule has 202 valence electrons. The fourth-order valence-corrected chi connectivity index (χ4v) is 6.20. The summed E-state index contributed by atoms with van der Waals surface area (Å²) >= 11 is 1.37. The summed E-state index contributed by atoms with van der Waals surface area (Å²) in [5.41, 5.74) is 4.96. The van der Waals surface area contributed by atoms with E-state index in [-0.39, 0.29) is 41.4 Å². The first-order valence-corrected chi connectivity index (χ1v) is 14.3. The number of amidine groups is 1. The predicted molar refractivity (Wildman–Crippen MR) is 147 cm³/mol. The summed E-state index contributed by atoms with van der Waals surface area (Å²) < 4.78 is 0. The zero-order chi connectivity index (χ0) is 26.7. The summed E-state index contributed by atoms with van der Waals surface area (Å²) in [6.07, 6.45) is 1.59. The minimum absolute atomic E-state index is 0.0664. The maximum Gasteiger partial charge on any atom is 0.234 e. The van der Waals surface area contributed by atoms with Crippen LogP contribution in [0.3, 0.4) is 0 Å². The topological polar surface area (TPSA) is 106 Å². The molecule has 10 heteroatoms. The van der Waals surface area contributed by atoms with Gasteiger partial charge in [0.1, 0.15) is 0 Å². The van der Waals surface area contributed by atoms with Crippen molar-refractivity contribution in [1.29, 1.82) is 0 Å². The molecule has 3 amide bonds. The highest BCUT2D eigenvalue weighted by molar-refractivity contribution is 8.14. The third-order valence-electron chi connectivity index (χ3n) is 7.20. The molecule has 37 heavy (non-hydrogen) atoms. The number of nitrogens with zero attached hydrogens (tertiary/aromatic N) is 3. The molecule has 4 rings (SSSR count). The van der Waals surface area contributed by atoms with E-state index in [9.17, 15) is 14.4 Å². The second kappa shape index (κ2) is 11.8. The van der Waals surface area contributed by atoms with Crippen LogP contribution in [-0.4, -0.2) is 63.9 Å². The van der Waals surface area contributed by atoms with Crippen molar-refractivity contribution >= 4 is 40.3 Å². The van der Waals surface area contributed by atoms with Crippen molar-refractivity contribution in [3.8, 4) is 0 Å². The fraction of sp³-hybridized carbons (Fsp3) is 0.630. The highest BCUT2D eigenvalue weighted by Gasteiger charge is 2.53. The van der Waals surface area contributed by atoms with E-state index in [1.165, 1.54) is 11.8 Å². The molecule has 3 aliphatic rings. The van der Waals surface area contributed by atoms with Crippen LogP contribution in [0.2, 0.25) is 0 Å². The summed E-state index contributed by atoms with van der Waals surface area (Å²) in [7, 11) is 0. The number of benzene rings is 1. The molecule has 3 N–H and O–H groups in total. The first-order valence-electron chi connectivity index (χ1n) is 13.3. The van der Waals surface area contributed by atoms with Gasteiger partial charge in [-0.1, -0.05) is 57.7 Å². The Hall–Kier alpha value is -2.75. The number of anilines is 1. The highest BCUT2D eigenvalue weighted by Crippen LogP contribution is 2.41. The van der Waals surface area contributed by atoms with Gasteiger partial charge in [0.2, 0.25) is 17.7 Å². The summed E-state index contributed by atoms with van der Waals surface area (Å²) in [4.78, 5) is 43.3. The Labute approximate surface area is 224 Å². The number of aryl methyl sites for hydroxylation is 1. The maximum absolute atomic E-state index is 13.6. The van der Waals surface area contributed by atoms with Crippen molar-refractivity contribution in [2.75, 3.05) is 24.2 Å². The molecule has 1 aromatic rings. The molecule has 2 fully saturated rings. The van der Waals surface area contributed by atoms with E-state index in [4.69, 9.17) is 0 Å². The van der Waals surface area contributed by atoms with E-state index < -0.39 is 6.29 Å². The zero-order valence-electron chi connectivity index (χ0n) is 22.5. The molecule has 0 aromatic heterocycles. The Balaban J connectivity index is 1.48. The largest absolute Gasteiger partial charge is 0.356 e. The number of hydrazone groups is 1. The molecule has 2 aliphatic heterocycles. The number of nitrogens with one attached hydrogen (secondary N) is 3. The predicted octanol–water partition coefficient (Wildman–Crippen LogP) is 3.18. The van der Waals surface area contributed by atoms with Crippen molar-refractivity contribution < 1.29 is 14.4 Å². The summed E-state index contributed by atoms with van der Waals surface area (Å²) in [5.74, 6) is 0.656. The number of amides is 3. The van der Waals surface area contributed by atoms with E-state index in [1.807, 2.05) is 36.1 Å². The molecular weight excluding hydrogens is 488 g/mol. The second-order valence-corrected chi connectivity index (χ2v) is 12.1. The molecule has 0 spiro atoms. The molecule has 4 atom stereocenters. The van der Waals surface area contributed by atoms with Gasteiger partial charge < -0.3 is 20.4 Å². The summed E-state index contributed by atoms with van der Waals surface area (Å²) in [6.45, 7) is 11.6. The van der Waals surface area contributed by atoms with Gasteiger partial charge in [0.05, 0.1) is 11.7 Å². The lowest BCUT2D eigenvalue weighted by atomic mass is 9.75. The number of hydrogen-bond acceptors (Lipinski definition) is 7.